The van der Waals surface area contributed by atoms with Crippen LogP contribution in [0.15, 0.2) is 41.7 Å². The number of amides is 1. The third-order valence-corrected chi connectivity index (χ3v) is 7.26. The maximum absolute atomic E-state index is 13.1. The zero-order valence-corrected chi connectivity index (χ0v) is 19.2. The van der Waals surface area contributed by atoms with Gasteiger partial charge in [-0.2, -0.15) is 0 Å². The highest BCUT2D eigenvalue weighted by Crippen LogP contribution is 2.29. The Morgan fingerprint density at radius 2 is 1.82 bits per heavy atom. The van der Waals surface area contributed by atoms with Crippen LogP contribution in [0.25, 0.3) is 0 Å². The van der Waals surface area contributed by atoms with Crippen LogP contribution in [-0.2, 0) is 4.79 Å². The van der Waals surface area contributed by atoms with Crippen LogP contribution in [0.3, 0.4) is 0 Å². The fourth-order valence-corrected chi connectivity index (χ4v) is 5.21. The topological polar surface area (TPSA) is 76.5 Å². The molecule has 1 amide bonds. The van der Waals surface area contributed by atoms with E-state index in [4.69, 9.17) is 0 Å². The number of carbonyl (C=O) groups excluding carboxylic acids is 2. The van der Waals surface area contributed by atoms with Gasteiger partial charge in [-0.1, -0.05) is 11.2 Å². The second kappa shape index (κ2) is 10.5. The number of nitrogens with zero attached hydrogens (tertiary/aromatic N) is 4. The zero-order chi connectivity index (χ0) is 23.4. The number of Topliss-reactive ketones (excluding diaryl/α,β-unsaturated/α-hetero) is 1. The van der Waals surface area contributed by atoms with Crippen LogP contribution in [0.5, 0.6) is 0 Å². The first-order valence-electron chi connectivity index (χ1n) is 11.9. The fraction of sp³-hybridized carbons (Fsp3) is 0.560. The molecule has 0 spiro atoms. The summed E-state index contributed by atoms with van der Waals surface area (Å²) in [7, 11) is 1.81. The number of hydrogen-bond donors (Lipinski definition) is 1. The predicted molar refractivity (Wildman–Crippen MR) is 124 cm³/mol. The van der Waals surface area contributed by atoms with Crippen molar-refractivity contribution in [2.45, 2.75) is 38.1 Å². The molecule has 2 saturated heterocycles. The van der Waals surface area contributed by atoms with E-state index in [0.29, 0.717) is 24.2 Å². The van der Waals surface area contributed by atoms with E-state index in [1.807, 2.05) is 12.3 Å². The molecule has 0 radical (unpaired) electrons. The molecule has 1 aromatic carbocycles. The summed E-state index contributed by atoms with van der Waals surface area (Å²) in [5, 5.41) is 12.8. The standard InChI is InChI=1S/C25H33FN4O3/c1-28-14-11-22(27-33)21-10-17-30(23(21)25(28)32)13-3-2-12-29-15-8-19(9-16-29)24(31)18-4-6-20(26)7-5-18/h4-7,10,17,19,21,23,33H,2-3,8-9,11-16H2,1H3/b27-22-. The summed E-state index contributed by atoms with van der Waals surface area (Å²) in [6.07, 6.45) is 8.20. The number of likely N-dealkylation sites (N-methyl/N-ethyl adjacent to an activating group) is 1. The molecular formula is C25H33FN4O3. The van der Waals surface area contributed by atoms with E-state index in [0.717, 1.165) is 51.9 Å². The highest BCUT2D eigenvalue weighted by Gasteiger charge is 2.41. The highest BCUT2D eigenvalue weighted by atomic mass is 19.1. The molecule has 0 aromatic heterocycles. The molecule has 3 heterocycles. The van der Waals surface area contributed by atoms with Crippen LogP contribution in [-0.4, -0.2) is 83.1 Å². The first kappa shape index (κ1) is 23.4. The summed E-state index contributed by atoms with van der Waals surface area (Å²) in [5.41, 5.74) is 1.27. The summed E-state index contributed by atoms with van der Waals surface area (Å²) in [4.78, 5) is 31.7. The second-order valence-corrected chi connectivity index (χ2v) is 9.35. The normalized spacial score (nSPS) is 25.5. The molecule has 4 rings (SSSR count). The maximum atomic E-state index is 13.1. The van der Waals surface area contributed by atoms with Crippen molar-refractivity contribution in [3.8, 4) is 0 Å². The molecule has 1 N–H and O–H groups in total. The Bertz CT molecular complexity index is 909. The van der Waals surface area contributed by atoms with Gasteiger partial charge in [0.1, 0.15) is 11.9 Å². The molecule has 0 aliphatic carbocycles. The third kappa shape index (κ3) is 5.27. The molecule has 7 nitrogen and oxygen atoms in total. The van der Waals surface area contributed by atoms with E-state index >= 15 is 0 Å². The number of piperidine rings is 1. The van der Waals surface area contributed by atoms with Crippen molar-refractivity contribution in [2.75, 3.05) is 39.8 Å². The number of carbonyl (C=O) groups is 2. The van der Waals surface area contributed by atoms with Crippen molar-refractivity contribution < 1.29 is 19.2 Å². The lowest BCUT2D eigenvalue weighted by atomic mass is 9.89. The maximum Gasteiger partial charge on any atom is 0.246 e. The van der Waals surface area contributed by atoms with E-state index in [2.05, 4.69) is 15.0 Å². The Morgan fingerprint density at radius 1 is 1.12 bits per heavy atom. The van der Waals surface area contributed by atoms with E-state index in [-0.39, 0.29) is 35.4 Å². The summed E-state index contributed by atoms with van der Waals surface area (Å²) < 4.78 is 13.1. The van der Waals surface area contributed by atoms with Gasteiger partial charge in [-0.05, 0) is 75.8 Å². The Labute approximate surface area is 194 Å². The Hall–Kier alpha value is -2.74. The van der Waals surface area contributed by atoms with Crippen LogP contribution in [0.4, 0.5) is 4.39 Å². The SMILES string of the molecule is CN1CC/C(=N/O)C2C=CN(CCCCN3CCC(C(=O)c4ccc(F)cc4)CC3)C2C1=O. The van der Waals surface area contributed by atoms with Crippen LogP contribution < -0.4 is 0 Å². The van der Waals surface area contributed by atoms with Gasteiger partial charge in [-0.3, -0.25) is 9.59 Å². The predicted octanol–water partition coefficient (Wildman–Crippen LogP) is 3.01. The smallest absolute Gasteiger partial charge is 0.246 e. The zero-order valence-electron chi connectivity index (χ0n) is 19.2. The number of benzene rings is 1. The van der Waals surface area contributed by atoms with E-state index in [1.165, 1.54) is 12.1 Å². The lowest BCUT2D eigenvalue weighted by Crippen LogP contribution is -2.46. The van der Waals surface area contributed by atoms with Crippen molar-refractivity contribution in [3.63, 3.8) is 0 Å². The fourth-order valence-electron chi connectivity index (χ4n) is 5.21. The van der Waals surface area contributed by atoms with Gasteiger partial charge in [0.25, 0.3) is 0 Å². The third-order valence-electron chi connectivity index (χ3n) is 7.26. The first-order valence-corrected chi connectivity index (χ1v) is 11.9. The summed E-state index contributed by atoms with van der Waals surface area (Å²) in [6, 6.07) is 5.54. The van der Waals surface area contributed by atoms with Gasteiger partial charge in [-0.15, -0.1) is 0 Å². The van der Waals surface area contributed by atoms with Crippen LogP contribution >= 0.6 is 0 Å². The van der Waals surface area contributed by atoms with Gasteiger partial charge in [0.05, 0.1) is 5.71 Å². The number of oxime groups is 1. The van der Waals surface area contributed by atoms with Crippen molar-refractivity contribution in [1.29, 1.82) is 0 Å². The molecule has 2 unspecified atom stereocenters. The van der Waals surface area contributed by atoms with Gasteiger partial charge in [0.2, 0.25) is 5.91 Å². The number of fused-ring (bicyclic) bond motifs is 1. The molecule has 1 aromatic rings. The molecule has 33 heavy (non-hydrogen) atoms. The lowest BCUT2D eigenvalue weighted by molar-refractivity contribution is -0.134. The molecule has 0 bridgehead atoms. The van der Waals surface area contributed by atoms with E-state index < -0.39 is 0 Å². The number of likely N-dealkylation sites (tertiary alicyclic amines) is 2. The summed E-state index contributed by atoms with van der Waals surface area (Å²) in [5.74, 6) is -0.256. The van der Waals surface area contributed by atoms with Crippen molar-refractivity contribution in [2.24, 2.45) is 17.0 Å². The minimum absolute atomic E-state index is 0.0130. The average Bonchev–Trinajstić information content (AvgIpc) is 3.20. The number of hydrogen-bond acceptors (Lipinski definition) is 6. The van der Waals surface area contributed by atoms with Gasteiger partial charge >= 0.3 is 0 Å². The quantitative estimate of drug-likeness (QED) is 0.295. The molecule has 3 aliphatic heterocycles. The Morgan fingerprint density at radius 3 is 2.52 bits per heavy atom. The number of unbranched alkanes of at least 4 members (excludes halogenated alkanes) is 1. The average molecular weight is 457 g/mol. The molecule has 0 saturated carbocycles. The second-order valence-electron chi connectivity index (χ2n) is 9.35. The minimum atomic E-state index is -0.321. The van der Waals surface area contributed by atoms with Crippen molar-refractivity contribution >= 4 is 17.4 Å². The van der Waals surface area contributed by atoms with Gasteiger partial charge in [0.15, 0.2) is 5.78 Å². The van der Waals surface area contributed by atoms with Crippen molar-refractivity contribution in [1.82, 2.24) is 14.7 Å². The minimum Gasteiger partial charge on any atom is -0.411 e. The Balaban J connectivity index is 1.20. The number of rotatable bonds is 7. The first-order chi connectivity index (χ1) is 16.0. The van der Waals surface area contributed by atoms with Crippen LogP contribution in [0, 0.1) is 17.7 Å². The van der Waals surface area contributed by atoms with Crippen LogP contribution in [0.1, 0.15) is 42.5 Å². The lowest BCUT2D eigenvalue weighted by Gasteiger charge is -2.32. The summed E-state index contributed by atoms with van der Waals surface area (Å²) >= 11 is 0. The molecule has 3 aliphatic rings. The molecule has 178 valence electrons. The molecular weight excluding hydrogens is 423 g/mol. The van der Waals surface area contributed by atoms with E-state index in [1.54, 1.807) is 24.1 Å². The monoisotopic (exact) mass is 456 g/mol. The molecule has 2 atom stereocenters. The summed E-state index contributed by atoms with van der Waals surface area (Å²) in [6.45, 7) is 4.12. The molecule has 2 fully saturated rings. The number of halogens is 1. The van der Waals surface area contributed by atoms with Gasteiger partial charge in [-0.25, -0.2) is 4.39 Å². The highest BCUT2D eigenvalue weighted by molar-refractivity contribution is 5.98. The van der Waals surface area contributed by atoms with Crippen molar-refractivity contribution in [3.05, 3.63) is 47.9 Å². The van der Waals surface area contributed by atoms with Crippen LogP contribution in [0.2, 0.25) is 0 Å². The number of ketones is 1. The largest absolute Gasteiger partial charge is 0.411 e. The van der Waals surface area contributed by atoms with Gasteiger partial charge < -0.3 is 19.9 Å². The molecule has 8 heteroatoms. The van der Waals surface area contributed by atoms with Gasteiger partial charge in [0, 0.05) is 44.0 Å². The van der Waals surface area contributed by atoms with E-state index in [9.17, 15) is 19.2 Å². The Kier molecular flexibility index (Phi) is 7.42.